The predicted octanol–water partition coefficient (Wildman–Crippen LogP) is 2.44. The largest absolute Gasteiger partial charge is 0.339 e. The highest BCUT2D eigenvalue weighted by Crippen LogP contribution is 2.24. The number of nitrogens with zero attached hydrogens (tertiary/aromatic N) is 2. The van der Waals surface area contributed by atoms with Gasteiger partial charge in [0.1, 0.15) is 6.04 Å². The summed E-state index contributed by atoms with van der Waals surface area (Å²) in [6, 6.07) is 3.79. The van der Waals surface area contributed by atoms with Gasteiger partial charge in [-0.1, -0.05) is 12.1 Å². The molecule has 0 aliphatic rings. The van der Waals surface area contributed by atoms with Crippen molar-refractivity contribution < 1.29 is 4.52 Å². The Bertz CT molecular complexity index is 463. The van der Waals surface area contributed by atoms with E-state index in [0.29, 0.717) is 11.7 Å². The van der Waals surface area contributed by atoms with Crippen LogP contribution in [0.5, 0.6) is 0 Å². The van der Waals surface area contributed by atoms with Crippen molar-refractivity contribution in [2.24, 2.45) is 5.73 Å². The van der Waals surface area contributed by atoms with Gasteiger partial charge in [-0.3, -0.25) is 0 Å². The van der Waals surface area contributed by atoms with Crippen molar-refractivity contribution in [2.45, 2.75) is 32.7 Å². The Morgan fingerprint density at radius 3 is 2.94 bits per heavy atom. The molecule has 2 heterocycles. The van der Waals surface area contributed by atoms with Gasteiger partial charge in [0.05, 0.1) is 0 Å². The molecule has 0 aromatic carbocycles. The quantitative estimate of drug-likeness (QED) is 0.887. The van der Waals surface area contributed by atoms with Gasteiger partial charge in [0.2, 0.25) is 5.89 Å². The average molecular weight is 237 g/mol. The third-order valence-corrected chi connectivity index (χ3v) is 3.38. The molecule has 0 bridgehead atoms. The summed E-state index contributed by atoms with van der Waals surface area (Å²) in [5.74, 6) is 1.24. The van der Waals surface area contributed by atoms with Gasteiger partial charge in [-0.15, -0.1) is 11.3 Å². The van der Waals surface area contributed by atoms with Crippen molar-refractivity contribution in [2.75, 3.05) is 0 Å². The number of hydrogen-bond acceptors (Lipinski definition) is 5. The summed E-state index contributed by atoms with van der Waals surface area (Å²) in [5, 5.41) is 3.92. The molecule has 0 aliphatic carbocycles. The summed E-state index contributed by atoms with van der Waals surface area (Å²) in [7, 11) is 0. The van der Waals surface area contributed by atoms with Crippen molar-refractivity contribution in [1.29, 1.82) is 0 Å². The zero-order valence-corrected chi connectivity index (χ0v) is 10.3. The summed E-state index contributed by atoms with van der Waals surface area (Å²) < 4.78 is 5.12. The first-order valence-corrected chi connectivity index (χ1v) is 6.16. The maximum Gasteiger partial charge on any atom is 0.226 e. The molecule has 2 rings (SSSR count). The van der Waals surface area contributed by atoms with Crippen LogP contribution in [0.3, 0.4) is 0 Å². The van der Waals surface area contributed by atoms with Crippen LogP contribution in [-0.4, -0.2) is 10.1 Å². The molecule has 5 heteroatoms. The van der Waals surface area contributed by atoms with Gasteiger partial charge in [0.15, 0.2) is 5.82 Å². The predicted molar refractivity (Wildman–Crippen MR) is 63.4 cm³/mol. The van der Waals surface area contributed by atoms with E-state index in [2.05, 4.69) is 24.0 Å². The Balaban J connectivity index is 2.17. The van der Waals surface area contributed by atoms with Gasteiger partial charge in [0.25, 0.3) is 0 Å². The molecule has 16 heavy (non-hydrogen) atoms. The molecule has 0 amide bonds. The SMILES string of the molecule is CCCc1nc(C(N)c2ccc(C)s2)no1. The molecular weight excluding hydrogens is 222 g/mol. The number of aryl methyl sites for hydroxylation is 2. The lowest BCUT2D eigenvalue weighted by molar-refractivity contribution is 0.370. The van der Waals surface area contributed by atoms with Crippen molar-refractivity contribution in [3.05, 3.63) is 33.6 Å². The smallest absolute Gasteiger partial charge is 0.226 e. The van der Waals surface area contributed by atoms with Crippen LogP contribution in [0, 0.1) is 6.92 Å². The second kappa shape index (κ2) is 4.76. The lowest BCUT2D eigenvalue weighted by Gasteiger charge is -2.02. The number of aromatic nitrogens is 2. The van der Waals surface area contributed by atoms with E-state index in [1.165, 1.54) is 4.88 Å². The number of hydrogen-bond donors (Lipinski definition) is 1. The third-order valence-electron chi connectivity index (χ3n) is 2.29. The Morgan fingerprint density at radius 2 is 2.31 bits per heavy atom. The van der Waals surface area contributed by atoms with Gasteiger partial charge < -0.3 is 10.3 Å². The summed E-state index contributed by atoms with van der Waals surface area (Å²) in [5.41, 5.74) is 6.06. The molecule has 0 radical (unpaired) electrons. The number of thiophene rings is 1. The fraction of sp³-hybridized carbons (Fsp3) is 0.455. The molecule has 0 saturated carbocycles. The standard InChI is InChI=1S/C11H15N3OS/c1-3-4-9-13-11(14-15-9)10(12)8-6-5-7(2)16-8/h5-6,10H,3-4,12H2,1-2H3. The number of nitrogens with two attached hydrogens (primary N) is 1. The number of rotatable bonds is 4. The highest BCUT2D eigenvalue weighted by Gasteiger charge is 2.17. The summed E-state index contributed by atoms with van der Waals surface area (Å²) in [6.45, 7) is 4.13. The van der Waals surface area contributed by atoms with Crippen LogP contribution >= 0.6 is 11.3 Å². The minimum atomic E-state index is -0.270. The van der Waals surface area contributed by atoms with Crippen molar-refractivity contribution in [3.63, 3.8) is 0 Å². The zero-order valence-electron chi connectivity index (χ0n) is 9.43. The van der Waals surface area contributed by atoms with Crippen LogP contribution in [-0.2, 0) is 6.42 Å². The minimum Gasteiger partial charge on any atom is -0.339 e. The topological polar surface area (TPSA) is 64.9 Å². The first-order chi connectivity index (χ1) is 7.70. The fourth-order valence-corrected chi connectivity index (χ4v) is 2.33. The van der Waals surface area contributed by atoms with Crippen molar-refractivity contribution in [1.82, 2.24) is 10.1 Å². The first kappa shape index (κ1) is 11.3. The normalized spacial score (nSPS) is 12.9. The van der Waals surface area contributed by atoms with E-state index >= 15 is 0 Å². The molecule has 0 fully saturated rings. The highest BCUT2D eigenvalue weighted by molar-refractivity contribution is 7.12. The fourth-order valence-electron chi connectivity index (χ4n) is 1.46. The van der Waals surface area contributed by atoms with Crippen LogP contribution in [0.15, 0.2) is 16.7 Å². The minimum absolute atomic E-state index is 0.270. The van der Waals surface area contributed by atoms with E-state index in [1.54, 1.807) is 11.3 Å². The van der Waals surface area contributed by atoms with Crippen molar-refractivity contribution >= 4 is 11.3 Å². The average Bonchev–Trinajstić information content (AvgIpc) is 2.87. The molecule has 86 valence electrons. The summed E-state index contributed by atoms with van der Waals surface area (Å²) in [6.07, 6.45) is 1.80. The molecule has 1 unspecified atom stereocenters. The molecule has 2 aromatic rings. The van der Waals surface area contributed by atoms with E-state index in [0.717, 1.165) is 17.7 Å². The van der Waals surface area contributed by atoms with Crippen LogP contribution in [0.25, 0.3) is 0 Å². The monoisotopic (exact) mass is 237 g/mol. The first-order valence-electron chi connectivity index (χ1n) is 5.35. The van der Waals surface area contributed by atoms with Gasteiger partial charge in [-0.2, -0.15) is 4.98 Å². The van der Waals surface area contributed by atoms with Gasteiger partial charge in [-0.25, -0.2) is 0 Å². The Morgan fingerprint density at radius 1 is 1.50 bits per heavy atom. The summed E-state index contributed by atoms with van der Waals surface area (Å²) in [4.78, 5) is 6.60. The Kier molecular flexibility index (Phi) is 3.36. The second-order valence-corrected chi connectivity index (χ2v) is 5.04. The van der Waals surface area contributed by atoms with Crippen LogP contribution < -0.4 is 5.73 Å². The van der Waals surface area contributed by atoms with E-state index in [9.17, 15) is 0 Å². The van der Waals surface area contributed by atoms with Gasteiger partial charge in [0, 0.05) is 16.2 Å². The second-order valence-electron chi connectivity index (χ2n) is 3.72. The van der Waals surface area contributed by atoms with E-state index in [1.807, 2.05) is 12.1 Å². The molecular formula is C11H15N3OS. The van der Waals surface area contributed by atoms with Gasteiger partial charge >= 0.3 is 0 Å². The molecule has 0 aliphatic heterocycles. The Hall–Kier alpha value is -1.20. The molecule has 2 aromatic heterocycles. The van der Waals surface area contributed by atoms with Crippen LogP contribution in [0.1, 0.15) is 40.9 Å². The molecule has 0 saturated heterocycles. The highest BCUT2D eigenvalue weighted by atomic mass is 32.1. The maximum absolute atomic E-state index is 6.06. The lowest BCUT2D eigenvalue weighted by Crippen LogP contribution is -2.12. The van der Waals surface area contributed by atoms with E-state index in [4.69, 9.17) is 10.3 Å². The molecule has 4 nitrogen and oxygen atoms in total. The maximum atomic E-state index is 6.06. The lowest BCUT2D eigenvalue weighted by atomic mass is 10.2. The summed E-state index contributed by atoms with van der Waals surface area (Å²) >= 11 is 1.67. The van der Waals surface area contributed by atoms with Crippen LogP contribution in [0.4, 0.5) is 0 Å². The molecule has 1 atom stereocenters. The molecule has 2 N–H and O–H groups in total. The van der Waals surface area contributed by atoms with Crippen LogP contribution in [0.2, 0.25) is 0 Å². The Labute approximate surface area is 98.5 Å². The van der Waals surface area contributed by atoms with E-state index in [-0.39, 0.29) is 6.04 Å². The van der Waals surface area contributed by atoms with E-state index < -0.39 is 0 Å². The molecule has 0 spiro atoms. The zero-order chi connectivity index (χ0) is 11.5. The third kappa shape index (κ3) is 2.31. The van der Waals surface area contributed by atoms with Crippen molar-refractivity contribution in [3.8, 4) is 0 Å². The van der Waals surface area contributed by atoms with Gasteiger partial charge in [-0.05, 0) is 25.5 Å².